The summed E-state index contributed by atoms with van der Waals surface area (Å²) < 4.78 is 4.97. The highest BCUT2D eigenvalue weighted by atomic mass is 16.3. The van der Waals surface area contributed by atoms with Crippen LogP contribution in [0.3, 0.4) is 0 Å². The Balaban J connectivity index is 1.42. The van der Waals surface area contributed by atoms with Crippen molar-refractivity contribution in [1.29, 1.82) is 0 Å². The zero-order valence-corrected chi connectivity index (χ0v) is 14.3. The number of nitrogens with one attached hydrogen (secondary N) is 2. The molecule has 2 N–H and O–H groups in total. The lowest BCUT2D eigenvalue weighted by Crippen LogP contribution is -2.52. The minimum atomic E-state index is -0.0617. The molecule has 0 bridgehead atoms. The second-order valence-corrected chi connectivity index (χ2v) is 7.06. The Bertz CT molecular complexity index is 550. The van der Waals surface area contributed by atoms with Crippen LogP contribution in [0.1, 0.15) is 55.8 Å². The van der Waals surface area contributed by atoms with E-state index in [1.54, 1.807) is 6.07 Å². The Hall–Kier alpha value is -1.98. The summed E-state index contributed by atoms with van der Waals surface area (Å²) in [6.45, 7) is 3.54. The Labute approximate surface area is 143 Å². The molecule has 1 saturated heterocycles. The summed E-state index contributed by atoms with van der Waals surface area (Å²) in [7, 11) is 0. The van der Waals surface area contributed by atoms with Gasteiger partial charge in [0, 0.05) is 25.2 Å². The monoisotopic (exact) mass is 333 g/mol. The third-order valence-corrected chi connectivity index (χ3v) is 5.31. The van der Waals surface area contributed by atoms with Gasteiger partial charge in [0.15, 0.2) is 0 Å². The molecule has 0 aromatic carbocycles. The zero-order chi connectivity index (χ0) is 16.9. The van der Waals surface area contributed by atoms with E-state index in [0.29, 0.717) is 30.6 Å². The molecular formula is C18H27N3O3. The first-order chi connectivity index (χ1) is 11.6. The number of rotatable bonds is 3. The summed E-state index contributed by atoms with van der Waals surface area (Å²) >= 11 is 0. The Morgan fingerprint density at radius 1 is 1.12 bits per heavy atom. The van der Waals surface area contributed by atoms with E-state index in [2.05, 4.69) is 17.6 Å². The van der Waals surface area contributed by atoms with Gasteiger partial charge in [0.1, 0.15) is 6.26 Å². The molecule has 3 amide bonds. The topological polar surface area (TPSA) is 74.6 Å². The number of carbonyl (C=O) groups is 2. The highest BCUT2D eigenvalue weighted by molar-refractivity contribution is 5.93. The van der Waals surface area contributed by atoms with E-state index < -0.39 is 0 Å². The van der Waals surface area contributed by atoms with Gasteiger partial charge in [-0.2, -0.15) is 0 Å². The van der Waals surface area contributed by atoms with Crippen molar-refractivity contribution in [3.63, 3.8) is 0 Å². The van der Waals surface area contributed by atoms with E-state index in [-0.39, 0.29) is 18.0 Å². The maximum absolute atomic E-state index is 12.3. The van der Waals surface area contributed by atoms with E-state index in [9.17, 15) is 9.59 Å². The number of carbonyl (C=O) groups excluding carboxylic acids is 2. The van der Waals surface area contributed by atoms with Crippen molar-refractivity contribution in [2.24, 2.45) is 5.92 Å². The van der Waals surface area contributed by atoms with Crippen molar-refractivity contribution in [3.8, 4) is 0 Å². The van der Waals surface area contributed by atoms with Crippen molar-refractivity contribution < 1.29 is 14.0 Å². The molecule has 2 aliphatic rings. The smallest absolute Gasteiger partial charge is 0.315 e. The van der Waals surface area contributed by atoms with Crippen LogP contribution in [0.4, 0.5) is 4.79 Å². The average molecular weight is 333 g/mol. The van der Waals surface area contributed by atoms with Gasteiger partial charge in [0.05, 0.1) is 11.8 Å². The predicted molar refractivity (Wildman–Crippen MR) is 90.7 cm³/mol. The average Bonchev–Trinajstić information content (AvgIpc) is 3.11. The zero-order valence-electron chi connectivity index (χ0n) is 14.3. The van der Waals surface area contributed by atoms with Gasteiger partial charge >= 0.3 is 6.03 Å². The van der Waals surface area contributed by atoms with E-state index in [0.717, 1.165) is 19.3 Å². The normalized spacial score (nSPS) is 25.3. The first-order valence-electron chi connectivity index (χ1n) is 9.02. The molecule has 3 rings (SSSR count). The molecule has 1 aromatic heterocycles. The number of nitrogens with zero attached hydrogens (tertiary/aromatic N) is 1. The van der Waals surface area contributed by atoms with Gasteiger partial charge in [-0.05, 0) is 37.7 Å². The van der Waals surface area contributed by atoms with Crippen LogP contribution in [-0.4, -0.2) is 42.0 Å². The molecule has 1 aliphatic heterocycles. The first kappa shape index (κ1) is 16.9. The van der Waals surface area contributed by atoms with Gasteiger partial charge in [-0.15, -0.1) is 0 Å². The van der Waals surface area contributed by atoms with Crippen molar-refractivity contribution in [1.82, 2.24) is 15.5 Å². The van der Waals surface area contributed by atoms with Crippen LogP contribution in [0.25, 0.3) is 0 Å². The van der Waals surface area contributed by atoms with Gasteiger partial charge in [-0.3, -0.25) is 4.79 Å². The highest BCUT2D eigenvalue weighted by Crippen LogP contribution is 2.23. The van der Waals surface area contributed by atoms with Crippen LogP contribution in [0.2, 0.25) is 0 Å². The summed E-state index contributed by atoms with van der Waals surface area (Å²) in [6.07, 6.45) is 9.30. The molecule has 2 unspecified atom stereocenters. The van der Waals surface area contributed by atoms with Crippen LogP contribution in [-0.2, 0) is 0 Å². The van der Waals surface area contributed by atoms with Crippen LogP contribution in [0, 0.1) is 5.92 Å². The van der Waals surface area contributed by atoms with E-state index >= 15 is 0 Å². The fourth-order valence-corrected chi connectivity index (χ4v) is 3.72. The molecule has 2 atom stereocenters. The second-order valence-electron chi connectivity index (χ2n) is 7.06. The molecule has 2 fully saturated rings. The summed E-state index contributed by atoms with van der Waals surface area (Å²) in [5, 5.41) is 6.20. The number of piperidine rings is 1. The third-order valence-electron chi connectivity index (χ3n) is 5.31. The van der Waals surface area contributed by atoms with Crippen molar-refractivity contribution >= 4 is 11.9 Å². The van der Waals surface area contributed by atoms with Crippen LogP contribution < -0.4 is 10.6 Å². The van der Waals surface area contributed by atoms with Crippen LogP contribution in [0.15, 0.2) is 23.0 Å². The maximum atomic E-state index is 12.3. The fraction of sp³-hybridized carbons (Fsp3) is 0.667. The molecular weight excluding hydrogens is 306 g/mol. The van der Waals surface area contributed by atoms with E-state index in [1.165, 1.54) is 31.8 Å². The molecule has 0 radical (unpaired) electrons. The number of furan rings is 1. The third kappa shape index (κ3) is 4.10. The molecule has 0 spiro atoms. The van der Waals surface area contributed by atoms with E-state index in [1.807, 2.05) is 4.90 Å². The molecule has 2 heterocycles. The number of urea groups is 1. The molecule has 24 heavy (non-hydrogen) atoms. The van der Waals surface area contributed by atoms with Crippen LogP contribution >= 0.6 is 0 Å². The number of hydrogen-bond acceptors (Lipinski definition) is 3. The Kier molecular flexibility index (Phi) is 5.43. The van der Waals surface area contributed by atoms with Crippen molar-refractivity contribution in [2.45, 2.75) is 57.5 Å². The molecule has 6 heteroatoms. The number of amides is 3. The first-order valence-corrected chi connectivity index (χ1v) is 9.02. The van der Waals surface area contributed by atoms with Gasteiger partial charge in [0.25, 0.3) is 5.91 Å². The summed E-state index contributed by atoms with van der Waals surface area (Å²) in [5.41, 5.74) is 0.588. The molecule has 132 valence electrons. The quantitative estimate of drug-likeness (QED) is 0.893. The fourth-order valence-electron chi connectivity index (χ4n) is 3.72. The van der Waals surface area contributed by atoms with Crippen molar-refractivity contribution in [2.75, 3.05) is 13.1 Å². The second kappa shape index (κ2) is 7.73. The number of likely N-dealkylation sites (tertiary alicyclic amines) is 1. The SMILES string of the molecule is CC1CCCCC1NC(=O)NC1CCN(C(=O)c2ccoc2)CC1. The largest absolute Gasteiger partial charge is 0.472 e. The van der Waals surface area contributed by atoms with Gasteiger partial charge in [-0.1, -0.05) is 19.8 Å². The molecule has 1 aromatic rings. The standard InChI is InChI=1S/C18H27N3O3/c1-13-4-2-3-5-16(13)20-18(23)19-15-6-9-21(10-7-15)17(22)14-8-11-24-12-14/h8,11-13,15-16H,2-7,9-10H2,1H3,(H2,19,20,23). The molecule has 6 nitrogen and oxygen atoms in total. The lowest BCUT2D eigenvalue weighted by molar-refractivity contribution is 0.0707. The minimum Gasteiger partial charge on any atom is -0.472 e. The molecule has 1 saturated carbocycles. The summed E-state index contributed by atoms with van der Waals surface area (Å²) in [6, 6.07) is 2.05. The van der Waals surface area contributed by atoms with Gasteiger partial charge in [-0.25, -0.2) is 4.79 Å². The lowest BCUT2D eigenvalue weighted by atomic mass is 9.86. The lowest BCUT2D eigenvalue weighted by Gasteiger charge is -2.34. The Morgan fingerprint density at radius 3 is 2.54 bits per heavy atom. The van der Waals surface area contributed by atoms with Crippen molar-refractivity contribution in [3.05, 3.63) is 24.2 Å². The Morgan fingerprint density at radius 2 is 1.88 bits per heavy atom. The van der Waals surface area contributed by atoms with Crippen LogP contribution in [0.5, 0.6) is 0 Å². The molecule has 1 aliphatic carbocycles. The maximum Gasteiger partial charge on any atom is 0.315 e. The summed E-state index contributed by atoms with van der Waals surface area (Å²) in [4.78, 5) is 26.3. The van der Waals surface area contributed by atoms with Gasteiger partial charge in [0.2, 0.25) is 0 Å². The van der Waals surface area contributed by atoms with Gasteiger partial charge < -0.3 is 20.0 Å². The predicted octanol–water partition coefficient (Wildman–Crippen LogP) is 2.76. The minimum absolute atomic E-state index is 0.00248. The van der Waals surface area contributed by atoms with E-state index in [4.69, 9.17) is 4.42 Å². The number of hydrogen-bond donors (Lipinski definition) is 2. The highest BCUT2D eigenvalue weighted by Gasteiger charge is 2.27. The summed E-state index contributed by atoms with van der Waals surface area (Å²) in [5.74, 6) is 0.557.